The van der Waals surface area contributed by atoms with Crippen LogP contribution in [-0.4, -0.2) is 58.0 Å². The summed E-state index contributed by atoms with van der Waals surface area (Å²) in [6, 6.07) is 3.82. The van der Waals surface area contributed by atoms with Crippen LogP contribution in [-0.2, 0) is 23.1 Å². The van der Waals surface area contributed by atoms with Gasteiger partial charge in [-0.25, -0.2) is 18.2 Å². The maximum absolute atomic E-state index is 14.7. The molecule has 0 saturated carbocycles. The van der Waals surface area contributed by atoms with Crippen LogP contribution in [0.15, 0.2) is 42.7 Å². The summed E-state index contributed by atoms with van der Waals surface area (Å²) in [5.41, 5.74) is 1.67. The molecule has 4 atom stereocenters. The monoisotopic (exact) mass is 589 g/mol. The Labute approximate surface area is 236 Å². The number of benzene rings is 1. The van der Waals surface area contributed by atoms with Crippen LogP contribution in [0, 0.1) is 17.5 Å². The second kappa shape index (κ2) is 9.99. The molecule has 1 unspecified atom stereocenters. The number of alkyl halides is 3. The molecule has 6 rings (SSSR count). The minimum absolute atomic E-state index is 0.0802. The first-order chi connectivity index (χ1) is 19.9. The quantitative estimate of drug-likeness (QED) is 0.348. The molecule has 1 aromatic carbocycles. The first-order valence-electron chi connectivity index (χ1n) is 13.4. The van der Waals surface area contributed by atoms with Gasteiger partial charge in [0.05, 0.1) is 5.56 Å². The van der Waals surface area contributed by atoms with Gasteiger partial charge in [-0.15, -0.1) is 0 Å². The Morgan fingerprint density at radius 3 is 2.67 bits per heavy atom. The van der Waals surface area contributed by atoms with Gasteiger partial charge in [0, 0.05) is 59.6 Å². The lowest BCUT2D eigenvalue weighted by Crippen LogP contribution is -2.60. The lowest BCUT2D eigenvalue weighted by atomic mass is 9.80. The number of nitrogens with one attached hydrogen (secondary N) is 2. The summed E-state index contributed by atoms with van der Waals surface area (Å²) in [7, 11) is 0. The van der Waals surface area contributed by atoms with Crippen molar-refractivity contribution in [3.8, 4) is 0 Å². The minimum atomic E-state index is -4.83. The third kappa shape index (κ3) is 4.74. The highest BCUT2D eigenvalue weighted by molar-refractivity contribution is 5.98. The lowest BCUT2D eigenvalue weighted by molar-refractivity contribution is -0.170. The van der Waals surface area contributed by atoms with Crippen molar-refractivity contribution in [2.75, 3.05) is 18.4 Å². The van der Waals surface area contributed by atoms with Crippen molar-refractivity contribution in [2.24, 2.45) is 0 Å². The average Bonchev–Trinajstić information content (AvgIpc) is 3.50. The molecule has 2 aromatic heterocycles. The highest BCUT2D eigenvalue weighted by Gasteiger charge is 2.48. The molecule has 1 saturated heterocycles. The standard InChI is InChI=1S/C29H25F6N5O2/c1-14-17(23-19(30)4-5-20(31)24(23)32)8-21(27(42)40(14)13-29(33,34)35)39-26(41)16-7-15-9-28(10-22(15)37-11-16)12-38-25-18(28)3-2-6-36-25/h2-7,11,14,17,21H,8-10,12-13H2,1H3,(H,36,38)(H,39,41)/t14-,17-,21+,28?/m1/s1. The summed E-state index contributed by atoms with van der Waals surface area (Å²) < 4.78 is 83.8. The van der Waals surface area contributed by atoms with Crippen LogP contribution >= 0.6 is 0 Å². The number of rotatable bonds is 4. The van der Waals surface area contributed by atoms with Crippen LogP contribution in [0.1, 0.15) is 52.0 Å². The molecule has 1 fully saturated rings. The number of fused-ring (bicyclic) bond motifs is 3. The van der Waals surface area contributed by atoms with Crippen molar-refractivity contribution in [1.29, 1.82) is 0 Å². The summed E-state index contributed by atoms with van der Waals surface area (Å²) in [6.07, 6.45) is -1.06. The number of piperidine rings is 1. The highest BCUT2D eigenvalue weighted by Crippen LogP contribution is 2.45. The molecule has 4 heterocycles. The molecule has 42 heavy (non-hydrogen) atoms. The summed E-state index contributed by atoms with van der Waals surface area (Å²) >= 11 is 0. The molecule has 3 aromatic rings. The molecule has 1 spiro atoms. The minimum Gasteiger partial charge on any atom is -0.369 e. The predicted octanol–water partition coefficient (Wildman–Crippen LogP) is 4.42. The molecule has 2 N–H and O–H groups in total. The molecule has 1 aliphatic carbocycles. The molecule has 3 aliphatic rings. The van der Waals surface area contributed by atoms with Gasteiger partial charge < -0.3 is 15.5 Å². The number of carbonyl (C=O) groups excluding carboxylic acids is 2. The van der Waals surface area contributed by atoms with E-state index in [1.54, 1.807) is 12.3 Å². The van der Waals surface area contributed by atoms with Gasteiger partial charge >= 0.3 is 6.18 Å². The summed E-state index contributed by atoms with van der Waals surface area (Å²) in [5, 5.41) is 5.74. The maximum atomic E-state index is 14.7. The van der Waals surface area contributed by atoms with E-state index in [0.717, 1.165) is 22.6 Å². The van der Waals surface area contributed by atoms with E-state index in [4.69, 9.17) is 0 Å². The van der Waals surface area contributed by atoms with Crippen molar-refractivity contribution < 1.29 is 35.9 Å². The third-order valence-electron chi connectivity index (χ3n) is 8.58. The Hall–Kier alpha value is -4.16. The number of hydrogen-bond donors (Lipinski definition) is 2. The van der Waals surface area contributed by atoms with Crippen LogP contribution in [0.25, 0.3) is 0 Å². The van der Waals surface area contributed by atoms with E-state index in [-0.39, 0.29) is 11.0 Å². The maximum Gasteiger partial charge on any atom is 0.406 e. The number of pyridine rings is 2. The van der Waals surface area contributed by atoms with E-state index in [1.807, 2.05) is 12.1 Å². The van der Waals surface area contributed by atoms with Gasteiger partial charge in [-0.1, -0.05) is 6.07 Å². The van der Waals surface area contributed by atoms with Gasteiger partial charge in [-0.05, 0) is 49.6 Å². The Balaban J connectivity index is 1.27. The molecule has 2 amide bonds. The first kappa shape index (κ1) is 28.0. The van der Waals surface area contributed by atoms with E-state index in [2.05, 4.69) is 20.6 Å². The average molecular weight is 590 g/mol. The van der Waals surface area contributed by atoms with E-state index >= 15 is 0 Å². The van der Waals surface area contributed by atoms with Crippen molar-refractivity contribution in [2.45, 2.75) is 55.8 Å². The fourth-order valence-corrected chi connectivity index (χ4v) is 6.55. The van der Waals surface area contributed by atoms with E-state index in [9.17, 15) is 35.9 Å². The number of halogens is 6. The van der Waals surface area contributed by atoms with E-state index in [0.29, 0.717) is 36.4 Å². The number of aromatic nitrogens is 2. The number of amides is 2. The van der Waals surface area contributed by atoms with Crippen molar-refractivity contribution >= 4 is 17.6 Å². The molecule has 7 nitrogen and oxygen atoms in total. The van der Waals surface area contributed by atoms with E-state index in [1.165, 1.54) is 13.1 Å². The zero-order chi connectivity index (χ0) is 30.0. The molecule has 0 bridgehead atoms. The Kier molecular flexibility index (Phi) is 6.65. The third-order valence-corrected chi connectivity index (χ3v) is 8.58. The Bertz CT molecular complexity index is 1600. The molecule has 220 valence electrons. The van der Waals surface area contributed by atoms with Gasteiger partial charge in [-0.2, -0.15) is 13.2 Å². The SMILES string of the molecule is C[C@@H]1[C@H](c2c(F)ccc(F)c2F)C[C@H](NC(=O)c2cnc3c(c2)CC2(CNc4ncccc42)C3)C(=O)N1CC(F)(F)F. The van der Waals surface area contributed by atoms with Crippen molar-refractivity contribution in [3.05, 3.63) is 88.1 Å². The Morgan fingerprint density at radius 1 is 1.14 bits per heavy atom. The fourth-order valence-electron chi connectivity index (χ4n) is 6.55. The van der Waals surface area contributed by atoms with Crippen LogP contribution in [0.3, 0.4) is 0 Å². The fraction of sp³-hybridized carbons (Fsp3) is 0.379. The topological polar surface area (TPSA) is 87.2 Å². The van der Waals surface area contributed by atoms with Crippen LogP contribution in [0.5, 0.6) is 0 Å². The van der Waals surface area contributed by atoms with Crippen LogP contribution in [0.4, 0.5) is 32.2 Å². The first-order valence-corrected chi connectivity index (χ1v) is 13.4. The Morgan fingerprint density at radius 2 is 1.90 bits per heavy atom. The van der Waals surface area contributed by atoms with Gasteiger partial charge in [-0.3, -0.25) is 14.6 Å². The number of nitrogens with zero attached hydrogens (tertiary/aromatic N) is 3. The molecular weight excluding hydrogens is 564 g/mol. The van der Waals surface area contributed by atoms with Crippen molar-refractivity contribution in [1.82, 2.24) is 20.2 Å². The zero-order valence-corrected chi connectivity index (χ0v) is 22.2. The normalized spacial score (nSPS) is 24.9. The van der Waals surface area contributed by atoms with Crippen molar-refractivity contribution in [3.63, 3.8) is 0 Å². The molecule has 2 aliphatic heterocycles. The molecule has 0 radical (unpaired) electrons. The van der Waals surface area contributed by atoms with Gasteiger partial charge in [0.1, 0.15) is 24.2 Å². The number of anilines is 1. The van der Waals surface area contributed by atoms with E-state index < -0.39 is 72.0 Å². The number of likely N-dealkylation sites (tertiary alicyclic amines) is 1. The summed E-state index contributed by atoms with van der Waals surface area (Å²) in [5.74, 6) is -6.51. The summed E-state index contributed by atoms with van der Waals surface area (Å²) in [4.78, 5) is 35.7. The molecule has 13 heteroatoms. The van der Waals surface area contributed by atoms with Gasteiger partial charge in [0.2, 0.25) is 5.91 Å². The second-order valence-corrected chi connectivity index (χ2v) is 11.2. The zero-order valence-electron chi connectivity index (χ0n) is 22.2. The second-order valence-electron chi connectivity index (χ2n) is 11.2. The predicted molar refractivity (Wildman–Crippen MR) is 138 cm³/mol. The lowest BCUT2D eigenvalue weighted by Gasteiger charge is -2.43. The number of carbonyl (C=O) groups is 2. The molecular formula is C29H25F6N5O2. The smallest absolute Gasteiger partial charge is 0.369 e. The largest absolute Gasteiger partial charge is 0.406 e. The van der Waals surface area contributed by atoms with Crippen LogP contribution in [0.2, 0.25) is 0 Å². The number of hydrogen-bond acceptors (Lipinski definition) is 5. The van der Waals surface area contributed by atoms with Gasteiger partial charge in [0.25, 0.3) is 5.91 Å². The summed E-state index contributed by atoms with van der Waals surface area (Å²) in [6.45, 7) is 0.138. The highest BCUT2D eigenvalue weighted by atomic mass is 19.4. The van der Waals surface area contributed by atoms with Gasteiger partial charge in [0.15, 0.2) is 11.6 Å². The van der Waals surface area contributed by atoms with Crippen LogP contribution < -0.4 is 10.6 Å².